The Morgan fingerprint density at radius 2 is 0.815 bits per heavy atom. The molecule has 0 N–H and O–H groups in total. The fourth-order valence-corrected chi connectivity index (χ4v) is 26.5. The average molecular weight is 524 g/mol. The van der Waals surface area contributed by atoms with Gasteiger partial charge in [0.1, 0.15) is 0 Å². The van der Waals surface area contributed by atoms with Crippen molar-refractivity contribution in [2.75, 3.05) is 90.4 Å². The molecular formula is C16H30Ge2N2O6S. The summed E-state index contributed by atoms with van der Waals surface area (Å²) < 4.78 is 39.4. The summed E-state index contributed by atoms with van der Waals surface area (Å²) in [5, 5.41) is 0. The quantitative estimate of drug-likeness (QED) is 0.470. The van der Waals surface area contributed by atoms with Gasteiger partial charge in [0, 0.05) is 0 Å². The van der Waals surface area contributed by atoms with Crippen molar-refractivity contribution in [3.63, 3.8) is 0 Å². The van der Waals surface area contributed by atoms with Gasteiger partial charge < -0.3 is 0 Å². The summed E-state index contributed by atoms with van der Waals surface area (Å²) >= 11 is -4.86. The Labute approximate surface area is 172 Å². The van der Waals surface area contributed by atoms with Gasteiger partial charge in [0.05, 0.1) is 0 Å². The van der Waals surface area contributed by atoms with Crippen LogP contribution in [0.15, 0.2) is 0 Å². The van der Waals surface area contributed by atoms with E-state index in [1.807, 2.05) is 11.8 Å². The van der Waals surface area contributed by atoms with Gasteiger partial charge in [0.25, 0.3) is 0 Å². The number of hydrogen-bond donors (Lipinski definition) is 0. The van der Waals surface area contributed by atoms with Crippen LogP contribution in [0.2, 0.25) is 9.50 Å². The molecule has 2 atom stereocenters. The predicted octanol–water partition coefficient (Wildman–Crippen LogP) is 0.109. The van der Waals surface area contributed by atoms with Gasteiger partial charge in [-0.2, -0.15) is 0 Å². The Hall–Kier alpha value is 1.12. The molecule has 8 nitrogen and oxygen atoms in total. The van der Waals surface area contributed by atoms with E-state index in [0.717, 1.165) is 50.8 Å². The van der Waals surface area contributed by atoms with Gasteiger partial charge in [-0.1, -0.05) is 0 Å². The first kappa shape index (κ1) is 20.0. The minimum atomic E-state index is -3.42. The maximum atomic E-state index is 6.48. The van der Waals surface area contributed by atoms with Gasteiger partial charge >= 0.3 is 173 Å². The Morgan fingerprint density at radius 1 is 0.519 bits per heavy atom. The van der Waals surface area contributed by atoms with Crippen molar-refractivity contribution in [3.8, 4) is 0 Å². The van der Waals surface area contributed by atoms with Gasteiger partial charge in [-0.15, -0.1) is 0 Å². The van der Waals surface area contributed by atoms with E-state index in [-0.39, 0.29) is 9.50 Å². The zero-order valence-corrected chi connectivity index (χ0v) is 20.8. The first-order valence-corrected chi connectivity index (χ1v) is 18.9. The van der Waals surface area contributed by atoms with Gasteiger partial charge in [0.15, 0.2) is 0 Å². The van der Waals surface area contributed by atoms with Crippen LogP contribution in [-0.4, -0.2) is 129 Å². The third-order valence-electron chi connectivity index (χ3n) is 6.25. The second-order valence-electron chi connectivity index (χ2n) is 7.73. The second kappa shape index (κ2) is 8.70. The molecule has 2 unspecified atom stereocenters. The topological polar surface area (TPSA) is 61.9 Å². The number of thioether (sulfide) groups is 1. The summed E-state index contributed by atoms with van der Waals surface area (Å²) in [5.74, 6) is 2.03. The standard InChI is InChI=1S/C16H30Ge2N2O6S/c1-7-21-17(22-8-2-19(1)3-9-23-17)15-13-27-14-16(15)18-24-10-4-20(5-11-25-18)6-12-26-18/h15-16H,1-14H2. The number of fused-ring (bicyclic) bond motifs is 12. The van der Waals surface area contributed by atoms with Crippen LogP contribution in [0.5, 0.6) is 0 Å². The van der Waals surface area contributed by atoms with E-state index < -0.39 is 28.6 Å². The number of rotatable bonds is 2. The van der Waals surface area contributed by atoms with Crippen molar-refractivity contribution in [3.05, 3.63) is 0 Å². The van der Waals surface area contributed by atoms with E-state index in [2.05, 4.69) is 9.80 Å². The normalized spacial score (nSPS) is 48.9. The molecule has 0 radical (unpaired) electrons. The molecule has 7 aliphatic rings. The van der Waals surface area contributed by atoms with Crippen LogP contribution in [-0.2, 0) is 22.6 Å². The monoisotopic (exact) mass is 526 g/mol. The maximum absolute atomic E-state index is 6.48. The molecule has 0 spiro atoms. The third-order valence-corrected chi connectivity index (χ3v) is 24.1. The molecule has 0 aliphatic carbocycles. The van der Waals surface area contributed by atoms with E-state index in [1.165, 1.54) is 0 Å². The Kier molecular flexibility index (Phi) is 6.46. The van der Waals surface area contributed by atoms with Crippen LogP contribution in [0.4, 0.5) is 0 Å². The third kappa shape index (κ3) is 4.03. The number of nitrogens with zero attached hydrogens (tertiary/aromatic N) is 2. The number of hydrogen-bond acceptors (Lipinski definition) is 9. The fraction of sp³-hybridized carbons (Fsp3) is 1.00. The predicted molar refractivity (Wildman–Crippen MR) is 105 cm³/mol. The van der Waals surface area contributed by atoms with Crippen molar-refractivity contribution >= 4 is 40.3 Å². The molecule has 27 heavy (non-hydrogen) atoms. The zero-order chi connectivity index (χ0) is 18.2. The molecular weight excluding hydrogens is 493 g/mol. The van der Waals surface area contributed by atoms with E-state index in [9.17, 15) is 0 Å². The molecule has 0 aromatic rings. The molecule has 0 aromatic carbocycles. The van der Waals surface area contributed by atoms with Crippen molar-refractivity contribution in [2.45, 2.75) is 9.50 Å². The van der Waals surface area contributed by atoms with Crippen LogP contribution in [0.3, 0.4) is 0 Å². The summed E-state index contributed by atoms with van der Waals surface area (Å²) in [5.41, 5.74) is 0. The fourth-order valence-electron chi connectivity index (χ4n) is 4.72. The van der Waals surface area contributed by atoms with Crippen molar-refractivity contribution < 1.29 is 22.6 Å². The minimum absolute atomic E-state index is 0.273. The van der Waals surface area contributed by atoms with Gasteiger partial charge in [-0.3, -0.25) is 0 Å². The molecule has 7 aliphatic heterocycles. The van der Waals surface area contributed by atoms with E-state index in [4.69, 9.17) is 22.6 Å². The molecule has 11 heteroatoms. The molecule has 0 aromatic heterocycles. The summed E-state index contributed by atoms with van der Waals surface area (Å²) in [7, 11) is 0. The Balaban J connectivity index is 1.43. The molecule has 154 valence electrons. The summed E-state index contributed by atoms with van der Waals surface area (Å²) in [6.45, 7) is 10.2. The molecule has 7 saturated heterocycles. The van der Waals surface area contributed by atoms with Crippen LogP contribution in [0.25, 0.3) is 0 Å². The van der Waals surface area contributed by atoms with Crippen LogP contribution in [0, 0.1) is 0 Å². The SMILES string of the molecule is C1CN2CC[O][Ge]([CH]3CSC[CH]3[Ge]34[O]CCN(CC[O]3)CC[O]4)([O]1)[O]CC2. The molecule has 7 heterocycles. The van der Waals surface area contributed by atoms with Crippen LogP contribution >= 0.6 is 11.8 Å². The molecule has 4 bridgehead atoms. The molecule has 0 saturated carbocycles. The van der Waals surface area contributed by atoms with Gasteiger partial charge in [-0.05, 0) is 0 Å². The van der Waals surface area contributed by atoms with Crippen molar-refractivity contribution in [2.24, 2.45) is 0 Å². The second-order valence-corrected chi connectivity index (χ2v) is 20.6. The Morgan fingerprint density at radius 3 is 1.11 bits per heavy atom. The van der Waals surface area contributed by atoms with Gasteiger partial charge in [-0.25, -0.2) is 0 Å². The van der Waals surface area contributed by atoms with Crippen LogP contribution in [0.1, 0.15) is 0 Å². The molecule has 7 rings (SSSR count). The van der Waals surface area contributed by atoms with Gasteiger partial charge in [0.2, 0.25) is 0 Å². The zero-order valence-electron chi connectivity index (χ0n) is 15.8. The van der Waals surface area contributed by atoms with E-state index in [0.29, 0.717) is 39.6 Å². The van der Waals surface area contributed by atoms with Crippen molar-refractivity contribution in [1.82, 2.24) is 9.80 Å². The van der Waals surface area contributed by atoms with E-state index >= 15 is 0 Å². The van der Waals surface area contributed by atoms with Crippen LogP contribution < -0.4 is 0 Å². The first-order chi connectivity index (χ1) is 13.3. The van der Waals surface area contributed by atoms with Crippen molar-refractivity contribution in [1.29, 1.82) is 0 Å². The molecule has 0 amide bonds. The Bertz CT molecular complexity index is 438. The summed E-state index contributed by atoms with van der Waals surface area (Å²) in [4.78, 5) is 4.74. The molecule has 7 fully saturated rings. The average Bonchev–Trinajstić information content (AvgIpc) is 3.03. The summed E-state index contributed by atoms with van der Waals surface area (Å²) in [6.07, 6.45) is 0. The summed E-state index contributed by atoms with van der Waals surface area (Å²) in [6, 6.07) is 0. The van der Waals surface area contributed by atoms with E-state index in [1.54, 1.807) is 0 Å². The first-order valence-electron chi connectivity index (χ1n) is 10.2.